The van der Waals surface area contributed by atoms with Crippen LogP contribution in [0.2, 0.25) is 10.0 Å². The summed E-state index contributed by atoms with van der Waals surface area (Å²) in [5, 5.41) is 0.871. The Kier molecular flexibility index (Phi) is 5.67. The maximum atomic E-state index is 5.85. The molecule has 0 aromatic carbocycles. The van der Waals surface area contributed by atoms with Gasteiger partial charge in [-0.05, 0) is 19.9 Å². The Balaban J connectivity index is 0.00000196. The smallest absolute Gasteiger partial charge is 0.232 e. The molecule has 86 valence electrons. The maximum absolute atomic E-state index is 5.85. The van der Waals surface area contributed by atoms with Crippen molar-refractivity contribution < 1.29 is 4.74 Å². The van der Waals surface area contributed by atoms with Gasteiger partial charge in [0.25, 0.3) is 0 Å². The van der Waals surface area contributed by atoms with E-state index in [0.29, 0.717) is 22.5 Å². The molecule has 1 rings (SSSR count). The Morgan fingerprint density at radius 1 is 1.47 bits per heavy atom. The molecule has 0 aliphatic carbocycles. The quantitative estimate of drug-likeness (QED) is 0.919. The molecule has 0 atom stereocenters. The standard InChI is InChI=1S/C9H12Cl2N2O.ClH/c1-9(2,12)5-14-8-7(11)3-6(10)4-13-8;/h3-4H,5,12H2,1-2H3;1H. The molecule has 2 N–H and O–H groups in total. The molecule has 1 aromatic rings. The van der Waals surface area contributed by atoms with Crippen molar-refractivity contribution in [3.8, 4) is 5.88 Å². The predicted octanol–water partition coefficient (Wildman–Crippen LogP) is 2.93. The van der Waals surface area contributed by atoms with E-state index in [-0.39, 0.29) is 12.4 Å². The summed E-state index contributed by atoms with van der Waals surface area (Å²) in [4.78, 5) is 3.94. The molecular weight excluding hydrogens is 258 g/mol. The number of nitrogens with two attached hydrogens (primary N) is 1. The number of pyridine rings is 1. The van der Waals surface area contributed by atoms with Crippen molar-refractivity contribution in [3.05, 3.63) is 22.3 Å². The molecule has 6 heteroatoms. The summed E-state index contributed by atoms with van der Waals surface area (Å²) in [6.45, 7) is 4.06. The van der Waals surface area contributed by atoms with E-state index < -0.39 is 5.54 Å². The van der Waals surface area contributed by atoms with Crippen LogP contribution in [0, 0.1) is 0 Å². The lowest BCUT2D eigenvalue weighted by Gasteiger charge is -2.18. The van der Waals surface area contributed by atoms with Crippen LogP contribution in [0.1, 0.15) is 13.8 Å². The topological polar surface area (TPSA) is 48.1 Å². The van der Waals surface area contributed by atoms with Gasteiger partial charge in [0.1, 0.15) is 11.6 Å². The minimum atomic E-state index is -0.412. The molecule has 1 heterocycles. The van der Waals surface area contributed by atoms with Crippen molar-refractivity contribution in [3.63, 3.8) is 0 Å². The molecule has 0 aliphatic heterocycles. The van der Waals surface area contributed by atoms with Gasteiger partial charge in [-0.25, -0.2) is 4.98 Å². The van der Waals surface area contributed by atoms with Crippen molar-refractivity contribution in [2.45, 2.75) is 19.4 Å². The highest BCUT2D eigenvalue weighted by Crippen LogP contribution is 2.24. The van der Waals surface area contributed by atoms with Crippen molar-refractivity contribution in [2.75, 3.05) is 6.61 Å². The fourth-order valence-corrected chi connectivity index (χ4v) is 1.20. The van der Waals surface area contributed by atoms with Gasteiger partial charge in [-0.2, -0.15) is 0 Å². The van der Waals surface area contributed by atoms with E-state index in [0.717, 1.165) is 0 Å². The van der Waals surface area contributed by atoms with E-state index in [4.69, 9.17) is 33.7 Å². The van der Waals surface area contributed by atoms with Crippen molar-refractivity contribution in [2.24, 2.45) is 5.73 Å². The SMILES string of the molecule is CC(C)(N)COc1ncc(Cl)cc1Cl.Cl. The summed E-state index contributed by atoms with van der Waals surface area (Å²) in [5.41, 5.74) is 5.33. The highest BCUT2D eigenvalue weighted by molar-refractivity contribution is 6.35. The fraction of sp³-hybridized carbons (Fsp3) is 0.444. The number of nitrogens with zero attached hydrogens (tertiary/aromatic N) is 1. The monoisotopic (exact) mass is 270 g/mol. The van der Waals surface area contributed by atoms with Crippen molar-refractivity contribution in [1.29, 1.82) is 0 Å². The first-order chi connectivity index (χ1) is 6.38. The van der Waals surface area contributed by atoms with Crippen LogP contribution in [0.3, 0.4) is 0 Å². The molecule has 0 aliphatic rings. The van der Waals surface area contributed by atoms with Gasteiger partial charge in [0, 0.05) is 11.7 Å². The third-order valence-electron chi connectivity index (χ3n) is 1.35. The Morgan fingerprint density at radius 3 is 2.53 bits per heavy atom. The summed E-state index contributed by atoms with van der Waals surface area (Å²) < 4.78 is 5.33. The number of hydrogen-bond acceptors (Lipinski definition) is 3. The zero-order valence-electron chi connectivity index (χ0n) is 8.46. The highest BCUT2D eigenvalue weighted by Gasteiger charge is 2.13. The summed E-state index contributed by atoms with van der Waals surface area (Å²) in [7, 11) is 0. The molecule has 0 radical (unpaired) electrons. The van der Waals surface area contributed by atoms with E-state index in [1.165, 1.54) is 6.20 Å². The van der Waals surface area contributed by atoms with Gasteiger partial charge in [-0.1, -0.05) is 23.2 Å². The van der Waals surface area contributed by atoms with Crippen LogP contribution in [0.5, 0.6) is 5.88 Å². The van der Waals surface area contributed by atoms with E-state index >= 15 is 0 Å². The van der Waals surface area contributed by atoms with E-state index in [9.17, 15) is 0 Å². The summed E-state index contributed by atoms with van der Waals surface area (Å²) in [6.07, 6.45) is 1.48. The van der Waals surface area contributed by atoms with Gasteiger partial charge in [-0.3, -0.25) is 0 Å². The molecule has 15 heavy (non-hydrogen) atoms. The average Bonchev–Trinajstić information content (AvgIpc) is 2.00. The summed E-state index contributed by atoms with van der Waals surface area (Å²) in [6, 6.07) is 1.58. The molecule has 0 bridgehead atoms. The van der Waals surface area contributed by atoms with Crippen LogP contribution in [0.25, 0.3) is 0 Å². The first-order valence-electron chi connectivity index (χ1n) is 4.11. The normalized spacial score (nSPS) is 10.7. The number of hydrogen-bond donors (Lipinski definition) is 1. The number of rotatable bonds is 3. The third-order valence-corrected chi connectivity index (χ3v) is 1.83. The van der Waals surface area contributed by atoms with E-state index in [2.05, 4.69) is 4.98 Å². The Bertz CT molecular complexity index is 326. The summed E-state index contributed by atoms with van der Waals surface area (Å²) in [5.74, 6) is 0.356. The minimum absolute atomic E-state index is 0. The number of halogens is 3. The van der Waals surface area contributed by atoms with Gasteiger partial charge >= 0.3 is 0 Å². The second kappa shape index (κ2) is 5.75. The average molecular weight is 272 g/mol. The highest BCUT2D eigenvalue weighted by atomic mass is 35.5. The summed E-state index contributed by atoms with van der Waals surface area (Å²) >= 11 is 11.5. The zero-order valence-corrected chi connectivity index (χ0v) is 10.8. The predicted molar refractivity (Wildman–Crippen MR) is 65.3 cm³/mol. The van der Waals surface area contributed by atoms with Crippen LogP contribution in [-0.2, 0) is 0 Å². The second-order valence-electron chi connectivity index (χ2n) is 3.72. The van der Waals surface area contributed by atoms with Gasteiger partial charge in [0.05, 0.1) is 5.02 Å². The lowest BCUT2D eigenvalue weighted by molar-refractivity contribution is 0.235. The van der Waals surface area contributed by atoms with Crippen molar-refractivity contribution in [1.82, 2.24) is 4.98 Å². The molecule has 0 unspecified atom stereocenters. The molecule has 0 spiro atoms. The van der Waals surface area contributed by atoms with Gasteiger partial charge < -0.3 is 10.5 Å². The molecular formula is C9H13Cl3N2O. The molecule has 0 fully saturated rings. The molecule has 0 saturated heterocycles. The number of aromatic nitrogens is 1. The van der Waals surface area contributed by atoms with Gasteiger partial charge in [0.15, 0.2) is 0 Å². The minimum Gasteiger partial charge on any atom is -0.475 e. The Morgan fingerprint density at radius 2 is 2.07 bits per heavy atom. The second-order valence-corrected chi connectivity index (χ2v) is 4.56. The van der Waals surface area contributed by atoms with Crippen molar-refractivity contribution >= 4 is 35.6 Å². The maximum Gasteiger partial charge on any atom is 0.232 e. The Hall–Kier alpha value is -0.220. The lowest BCUT2D eigenvalue weighted by atomic mass is 10.1. The van der Waals surface area contributed by atoms with Crippen LogP contribution in [-0.4, -0.2) is 17.1 Å². The molecule has 3 nitrogen and oxygen atoms in total. The lowest BCUT2D eigenvalue weighted by Crippen LogP contribution is -2.38. The molecule has 0 amide bonds. The first kappa shape index (κ1) is 14.8. The van der Waals surface area contributed by atoms with Gasteiger partial charge in [0.2, 0.25) is 5.88 Å². The largest absolute Gasteiger partial charge is 0.475 e. The fourth-order valence-electron chi connectivity index (χ4n) is 0.763. The van der Waals surface area contributed by atoms with Gasteiger partial charge in [-0.15, -0.1) is 12.4 Å². The van der Waals surface area contributed by atoms with Crippen LogP contribution < -0.4 is 10.5 Å². The van der Waals surface area contributed by atoms with E-state index in [1.807, 2.05) is 13.8 Å². The van der Waals surface area contributed by atoms with Crippen LogP contribution in [0.15, 0.2) is 12.3 Å². The zero-order chi connectivity index (χ0) is 10.8. The number of ether oxygens (including phenoxy) is 1. The molecule has 1 aromatic heterocycles. The van der Waals surface area contributed by atoms with Crippen LogP contribution in [0.4, 0.5) is 0 Å². The molecule has 0 saturated carbocycles. The third kappa shape index (κ3) is 5.42. The Labute approximate surface area is 105 Å². The first-order valence-corrected chi connectivity index (χ1v) is 4.87. The van der Waals surface area contributed by atoms with Crippen LogP contribution >= 0.6 is 35.6 Å². The van der Waals surface area contributed by atoms with E-state index in [1.54, 1.807) is 6.07 Å².